The van der Waals surface area contributed by atoms with Gasteiger partial charge in [-0.3, -0.25) is 0 Å². The molecule has 1 aromatic heterocycles. The minimum Gasteiger partial charge on any atom is -0.396 e. The molecule has 0 atom stereocenters. The second-order valence-corrected chi connectivity index (χ2v) is 7.25. The molecule has 0 aliphatic carbocycles. The van der Waals surface area contributed by atoms with Gasteiger partial charge in [-0.1, -0.05) is 70.2 Å². The molecule has 0 radical (unpaired) electrons. The summed E-state index contributed by atoms with van der Waals surface area (Å²) in [4.78, 5) is 0. The average Bonchev–Trinajstić information content (AvgIpc) is 3.02. The molecule has 0 spiro atoms. The molecule has 1 N–H and O–H groups in total. The summed E-state index contributed by atoms with van der Waals surface area (Å²) in [5, 5.41) is 18.6. The molecule has 6 heteroatoms. The zero-order valence-corrected chi connectivity index (χ0v) is 15.5. The van der Waals surface area contributed by atoms with Crippen molar-refractivity contribution >= 4 is 27.7 Å². The van der Waals surface area contributed by atoms with Crippen LogP contribution in [0.2, 0.25) is 0 Å². The van der Waals surface area contributed by atoms with E-state index in [0.717, 1.165) is 34.0 Å². The van der Waals surface area contributed by atoms with Crippen LogP contribution >= 0.6 is 27.7 Å². The highest BCUT2D eigenvalue weighted by Gasteiger charge is 2.14. The van der Waals surface area contributed by atoms with E-state index in [0.29, 0.717) is 5.75 Å². The Morgan fingerprint density at radius 3 is 2.46 bits per heavy atom. The van der Waals surface area contributed by atoms with E-state index in [1.807, 2.05) is 30.3 Å². The Balaban J connectivity index is 1.87. The smallest absolute Gasteiger partial charge is 0.191 e. The summed E-state index contributed by atoms with van der Waals surface area (Å²) in [7, 11) is 0. The predicted molar refractivity (Wildman–Crippen MR) is 101 cm³/mol. The monoisotopic (exact) mass is 403 g/mol. The first-order valence-corrected chi connectivity index (χ1v) is 9.52. The maximum absolute atomic E-state index is 9.10. The van der Waals surface area contributed by atoms with Gasteiger partial charge in [0, 0.05) is 22.3 Å². The van der Waals surface area contributed by atoms with Crippen LogP contribution in [-0.2, 0) is 13.0 Å². The first-order chi connectivity index (χ1) is 11.8. The van der Waals surface area contributed by atoms with Crippen molar-refractivity contribution in [1.82, 2.24) is 14.8 Å². The predicted octanol–water partition coefficient (Wildman–Crippen LogP) is 4.03. The zero-order valence-electron chi connectivity index (χ0n) is 13.1. The van der Waals surface area contributed by atoms with Gasteiger partial charge in [0.15, 0.2) is 11.0 Å². The number of halogens is 1. The number of hydrogen-bond donors (Lipinski definition) is 1. The minimum atomic E-state index is 0.129. The van der Waals surface area contributed by atoms with E-state index in [4.69, 9.17) is 5.11 Å². The minimum absolute atomic E-state index is 0.129. The van der Waals surface area contributed by atoms with Crippen molar-refractivity contribution in [2.45, 2.75) is 18.1 Å². The van der Waals surface area contributed by atoms with Crippen molar-refractivity contribution in [1.29, 1.82) is 0 Å². The van der Waals surface area contributed by atoms with E-state index < -0.39 is 0 Å². The molecule has 0 aliphatic rings. The lowest BCUT2D eigenvalue weighted by Crippen LogP contribution is -2.06. The Kier molecular flexibility index (Phi) is 6.07. The Morgan fingerprint density at radius 2 is 1.75 bits per heavy atom. The van der Waals surface area contributed by atoms with Crippen LogP contribution in [0.15, 0.2) is 64.2 Å². The maximum Gasteiger partial charge on any atom is 0.191 e. The number of nitrogens with zero attached hydrogens (tertiary/aromatic N) is 3. The highest BCUT2D eigenvalue weighted by atomic mass is 79.9. The number of rotatable bonds is 7. The average molecular weight is 404 g/mol. The first kappa shape index (κ1) is 17.2. The van der Waals surface area contributed by atoms with E-state index in [-0.39, 0.29) is 6.61 Å². The summed E-state index contributed by atoms with van der Waals surface area (Å²) in [5.74, 6) is 1.47. The van der Waals surface area contributed by atoms with Crippen LogP contribution in [0.25, 0.3) is 11.4 Å². The molecular weight excluding hydrogens is 386 g/mol. The molecule has 2 aromatic carbocycles. The summed E-state index contributed by atoms with van der Waals surface area (Å²) in [6.07, 6.45) is 0.912. The second kappa shape index (κ2) is 8.46. The third-order valence-corrected chi connectivity index (χ3v) is 5.08. The van der Waals surface area contributed by atoms with Crippen LogP contribution in [0.4, 0.5) is 0 Å². The molecule has 124 valence electrons. The molecule has 4 nitrogen and oxygen atoms in total. The number of benzene rings is 2. The Morgan fingerprint density at radius 1 is 1.00 bits per heavy atom. The molecule has 0 unspecified atom stereocenters. The van der Waals surface area contributed by atoms with Crippen molar-refractivity contribution < 1.29 is 5.11 Å². The Bertz CT molecular complexity index is 775. The summed E-state index contributed by atoms with van der Waals surface area (Å²) in [6.45, 7) is 0.931. The van der Waals surface area contributed by atoms with Crippen molar-refractivity contribution in [3.8, 4) is 11.4 Å². The van der Waals surface area contributed by atoms with E-state index in [2.05, 4.69) is 55.0 Å². The van der Waals surface area contributed by atoms with Crippen molar-refractivity contribution in [2.75, 3.05) is 12.4 Å². The molecule has 0 aliphatic heterocycles. The van der Waals surface area contributed by atoms with Gasteiger partial charge in [0.05, 0.1) is 6.61 Å². The summed E-state index contributed by atoms with van der Waals surface area (Å²) in [6, 6.07) is 18.5. The highest BCUT2D eigenvalue weighted by Crippen LogP contribution is 2.25. The van der Waals surface area contributed by atoms with Gasteiger partial charge in [0.25, 0.3) is 0 Å². The largest absolute Gasteiger partial charge is 0.396 e. The molecule has 0 saturated heterocycles. The van der Waals surface area contributed by atoms with Gasteiger partial charge >= 0.3 is 0 Å². The van der Waals surface area contributed by atoms with E-state index >= 15 is 0 Å². The van der Waals surface area contributed by atoms with Gasteiger partial charge < -0.3 is 9.67 Å². The molecule has 0 fully saturated rings. The van der Waals surface area contributed by atoms with E-state index in [1.54, 1.807) is 0 Å². The standard InChI is InChI=1S/C18H18BrN3OS/c19-16-8-6-15(7-9-16)17-20-21-18(24-13-12-23)22(17)11-10-14-4-2-1-3-5-14/h1-9,23H,10-13H2. The molecule has 1 heterocycles. The molecular formula is C18H18BrN3OS. The van der Waals surface area contributed by atoms with Gasteiger partial charge in [0.2, 0.25) is 0 Å². The molecule has 3 aromatic rings. The van der Waals surface area contributed by atoms with Crippen LogP contribution in [-0.4, -0.2) is 32.2 Å². The third kappa shape index (κ3) is 4.26. The zero-order chi connectivity index (χ0) is 16.8. The summed E-state index contributed by atoms with van der Waals surface area (Å²) < 4.78 is 3.17. The molecule has 24 heavy (non-hydrogen) atoms. The van der Waals surface area contributed by atoms with E-state index in [1.165, 1.54) is 17.3 Å². The van der Waals surface area contributed by atoms with Gasteiger partial charge in [-0.15, -0.1) is 10.2 Å². The topological polar surface area (TPSA) is 50.9 Å². The van der Waals surface area contributed by atoms with Gasteiger partial charge in [-0.2, -0.15) is 0 Å². The van der Waals surface area contributed by atoms with Crippen molar-refractivity contribution in [3.63, 3.8) is 0 Å². The van der Waals surface area contributed by atoms with Gasteiger partial charge in [0.1, 0.15) is 0 Å². The lowest BCUT2D eigenvalue weighted by atomic mass is 10.1. The Hall–Kier alpha value is -1.63. The van der Waals surface area contributed by atoms with Crippen LogP contribution < -0.4 is 0 Å². The third-order valence-electron chi connectivity index (χ3n) is 3.61. The Labute approximate surface area is 154 Å². The van der Waals surface area contributed by atoms with Crippen LogP contribution in [0.5, 0.6) is 0 Å². The van der Waals surface area contributed by atoms with Crippen LogP contribution in [0, 0.1) is 0 Å². The summed E-state index contributed by atoms with van der Waals surface area (Å²) in [5.41, 5.74) is 2.32. The van der Waals surface area contributed by atoms with Crippen molar-refractivity contribution in [2.24, 2.45) is 0 Å². The maximum atomic E-state index is 9.10. The molecule has 0 bridgehead atoms. The number of aromatic nitrogens is 3. The number of thioether (sulfide) groups is 1. The fourth-order valence-electron chi connectivity index (χ4n) is 2.43. The van der Waals surface area contributed by atoms with Gasteiger partial charge in [-0.05, 0) is 24.1 Å². The fraction of sp³-hybridized carbons (Fsp3) is 0.222. The molecule has 0 saturated carbocycles. The highest BCUT2D eigenvalue weighted by molar-refractivity contribution is 9.10. The lowest BCUT2D eigenvalue weighted by Gasteiger charge is -2.10. The SMILES string of the molecule is OCCSc1nnc(-c2ccc(Br)cc2)n1CCc1ccccc1. The van der Waals surface area contributed by atoms with Crippen LogP contribution in [0.1, 0.15) is 5.56 Å². The number of aryl methyl sites for hydroxylation is 1. The number of aliphatic hydroxyl groups excluding tert-OH is 1. The van der Waals surface area contributed by atoms with Crippen LogP contribution in [0.3, 0.4) is 0 Å². The summed E-state index contributed by atoms with van der Waals surface area (Å²) >= 11 is 4.99. The molecule has 3 rings (SSSR count). The lowest BCUT2D eigenvalue weighted by molar-refractivity contribution is 0.322. The van der Waals surface area contributed by atoms with E-state index in [9.17, 15) is 0 Å². The normalized spacial score (nSPS) is 10.9. The van der Waals surface area contributed by atoms with Crippen molar-refractivity contribution in [3.05, 3.63) is 64.6 Å². The number of aliphatic hydroxyl groups is 1. The first-order valence-electron chi connectivity index (χ1n) is 7.74. The second-order valence-electron chi connectivity index (χ2n) is 5.27. The fourth-order valence-corrected chi connectivity index (χ4v) is 3.40. The quantitative estimate of drug-likeness (QED) is 0.604. The van der Waals surface area contributed by atoms with Gasteiger partial charge in [-0.25, -0.2) is 0 Å². The molecule has 0 amide bonds. The number of hydrogen-bond acceptors (Lipinski definition) is 4.